The molecule has 0 aliphatic carbocycles. The molecule has 114 valence electrons. The monoisotopic (exact) mass is 320 g/mol. The first-order valence-corrected chi connectivity index (χ1v) is 7.09. The summed E-state index contributed by atoms with van der Waals surface area (Å²) in [6, 6.07) is 3.25. The molecule has 0 bridgehead atoms. The number of aliphatic hydroxyl groups is 1. The van der Waals surface area contributed by atoms with Crippen LogP contribution in [0.25, 0.3) is 10.3 Å². The molecule has 9 nitrogen and oxygen atoms in total. The van der Waals surface area contributed by atoms with Crippen molar-refractivity contribution in [3.05, 3.63) is 39.3 Å². The van der Waals surface area contributed by atoms with Crippen LogP contribution >= 0.6 is 11.3 Å². The summed E-state index contributed by atoms with van der Waals surface area (Å²) in [5.74, 6) is 0.241. The van der Waals surface area contributed by atoms with Crippen molar-refractivity contribution in [3.63, 3.8) is 0 Å². The number of anilines is 1. The number of nitrogens with zero attached hydrogens (tertiary/aromatic N) is 3. The van der Waals surface area contributed by atoms with Crippen LogP contribution < -0.4 is 16.1 Å². The first-order valence-electron chi connectivity index (χ1n) is 6.27. The number of fused-ring (bicyclic) bond motifs is 1. The SMILES string of the molecule is N=C(/N=c1\[nH]c(N)nc2c1sc(=O)n2CCO)c1ccco1. The van der Waals surface area contributed by atoms with E-state index in [2.05, 4.69) is 15.0 Å². The number of furan rings is 1. The topological polar surface area (TPSA) is 146 Å². The lowest BCUT2D eigenvalue weighted by Gasteiger charge is -2.01. The second-order valence-electron chi connectivity index (χ2n) is 4.30. The number of nitrogens with one attached hydrogen (secondary N) is 2. The zero-order valence-corrected chi connectivity index (χ0v) is 12.1. The van der Waals surface area contributed by atoms with Crippen molar-refractivity contribution in [2.75, 3.05) is 12.3 Å². The number of H-pyrrole nitrogens is 1. The fraction of sp³-hybridized carbons (Fsp3) is 0.167. The first kappa shape index (κ1) is 14.2. The molecule has 3 aromatic heterocycles. The second kappa shape index (κ2) is 5.58. The van der Waals surface area contributed by atoms with Crippen LogP contribution in [0.15, 0.2) is 32.6 Å². The number of nitrogens with two attached hydrogens (primary N) is 1. The fourth-order valence-electron chi connectivity index (χ4n) is 1.94. The average Bonchev–Trinajstić information content (AvgIpc) is 3.10. The Labute approximate surface area is 126 Å². The highest BCUT2D eigenvalue weighted by atomic mass is 32.1. The molecule has 0 aromatic carbocycles. The number of amidine groups is 1. The smallest absolute Gasteiger partial charge is 0.309 e. The molecule has 22 heavy (non-hydrogen) atoms. The molecule has 0 amide bonds. The van der Waals surface area contributed by atoms with E-state index < -0.39 is 0 Å². The van der Waals surface area contributed by atoms with Gasteiger partial charge in [-0.3, -0.25) is 14.8 Å². The number of hydrogen-bond donors (Lipinski definition) is 4. The molecular formula is C12H12N6O3S. The van der Waals surface area contributed by atoms with Gasteiger partial charge < -0.3 is 20.2 Å². The molecule has 10 heteroatoms. The quantitative estimate of drug-likeness (QED) is 0.392. The van der Waals surface area contributed by atoms with Gasteiger partial charge in [0.25, 0.3) is 0 Å². The Bertz CT molecular complexity index is 950. The summed E-state index contributed by atoms with van der Waals surface area (Å²) in [7, 11) is 0. The molecule has 0 fully saturated rings. The normalized spacial score (nSPS) is 12.1. The molecular weight excluding hydrogens is 308 g/mol. The molecule has 0 saturated carbocycles. The third kappa shape index (κ3) is 2.44. The molecule has 3 heterocycles. The summed E-state index contributed by atoms with van der Waals surface area (Å²) >= 11 is 0.919. The highest BCUT2D eigenvalue weighted by molar-refractivity contribution is 7.16. The standard InChI is InChI=1S/C12H12N6O3S/c13-8(6-2-1-5-21-6)15-9-7-10(17-11(14)16-9)18(3-4-19)12(20)22-7/h1-2,5,19H,3-4H2,(H4,13,14,15,16,17). The lowest BCUT2D eigenvalue weighted by atomic mass is 10.4. The molecule has 5 N–H and O–H groups in total. The number of thiazole rings is 1. The second-order valence-corrected chi connectivity index (χ2v) is 5.27. The number of hydrogen-bond acceptors (Lipinski definition) is 7. The number of rotatable bonds is 3. The fourth-order valence-corrected chi connectivity index (χ4v) is 2.84. The molecule has 0 atom stereocenters. The maximum atomic E-state index is 12.0. The summed E-state index contributed by atoms with van der Waals surface area (Å²) in [5, 5.41) is 16.9. The first-order chi connectivity index (χ1) is 10.6. The Morgan fingerprint density at radius 2 is 2.45 bits per heavy atom. The van der Waals surface area contributed by atoms with Gasteiger partial charge in [-0.2, -0.15) is 4.98 Å². The van der Waals surface area contributed by atoms with E-state index in [1.165, 1.54) is 10.8 Å². The maximum absolute atomic E-state index is 12.0. The number of aromatic nitrogens is 3. The molecule has 3 rings (SSSR count). The zero-order valence-electron chi connectivity index (χ0n) is 11.2. The molecule has 0 spiro atoms. The minimum absolute atomic E-state index is 0.0583. The van der Waals surface area contributed by atoms with E-state index >= 15 is 0 Å². The van der Waals surface area contributed by atoms with E-state index in [0.29, 0.717) is 16.1 Å². The summed E-state index contributed by atoms with van der Waals surface area (Å²) in [4.78, 5) is 22.6. The molecule has 3 aromatic rings. The van der Waals surface area contributed by atoms with Crippen LogP contribution in [0.5, 0.6) is 0 Å². The Hall–Kier alpha value is -2.72. The van der Waals surface area contributed by atoms with Gasteiger partial charge >= 0.3 is 4.87 Å². The Kier molecular flexibility index (Phi) is 3.61. The Morgan fingerprint density at radius 1 is 1.64 bits per heavy atom. The Balaban J connectivity index is 2.24. The summed E-state index contributed by atoms with van der Waals surface area (Å²) < 4.78 is 6.88. The van der Waals surface area contributed by atoms with Crippen LogP contribution in [0.3, 0.4) is 0 Å². The average molecular weight is 320 g/mol. The van der Waals surface area contributed by atoms with Crippen molar-refractivity contribution < 1.29 is 9.52 Å². The third-order valence-electron chi connectivity index (χ3n) is 2.86. The number of aliphatic hydroxyl groups excluding tert-OH is 1. The molecule has 0 aliphatic rings. The van der Waals surface area contributed by atoms with Crippen LogP contribution in [0.1, 0.15) is 5.76 Å². The molecule has 0 unspecified atom stereocenters. The largest absolute Gasteiger partial charge is 0.461 e. The van der Waals surface area contributed by atoms with Crippen molar-refractivity contribution in [2.24, 2.45) is 4.99 Å². The predicted molar refractivity (Wildman–Crippen MR) is 80.8 cm³/mol. The van der Waals surface area contributed by atoms with E-state index in [-0.39, 0.29) is 35.3 Å². The van der Waals surface area contributed by atoms with Crippen molar-refractivity contribution in [1.29, 1.82) is 5.41 Å². The molecule has 0 aliphatic heterocycles. The summed E-state index contributed by atoms with van der Waals surface area (Å²) in [6.07, 6.45) is 1.44. The van der Waals surface area contributed by atoms with Crippen molar-refractivity contribution in [1.82, 2.24) is 14.5 Å². The van der Waals surface area contributed by atoms with Gasteiger partial charge in [0.1, 0.15) is 4.70 Å². The maximum Gasteiger partial charge on any atom is 0.309 e. The summed E-state index contributed by atoms with van der Waals surface area (Å²) in [5.41, 5.74) is 6.28. The van der Waals surface area contributed by atoms with Crippen LogP contribution in [0.4, 0.5) is 5.95 Å². The van der Waals surface area contributed by atoms with Gasteiger partial charge in [-0.15, -0.1) is 0 Å². The van der Waals surface area contributed by atoms with E-state index in [4.69, 9.17) is 20.7 Å². The molecule has 0 radical (unpaired) electrons. The van der Waals surface area contributed by atoms with Gasteiger partial charge in [0.05, 0.1) is 19.4 Å². The van der Waals surface area contributed by atoms with Crippen molar-refractivity contribution in [2.45, 2.75) is 6.54 Å². The van der Waals surface area contributed by atoms with Gasteiger partial charge in [-0.05, 0) is 12.1 Å². The van der Waals surface area contributed by atoms with Gasteiger partial charge in [-0.1, -0.05) is 11.3 Å². The van der Waals surface area contributed by atoms with E-state index in [9.17, 15) is 4.79 Å². The van der Waals surface area contributed by atoms with Gasteiger partial charge in [-0.25, -0.2) is 4.99 Å². The third-order valence-corrected chi connectivity index (χ3v) is 3.83. The minimum atomic E-state index is -0.281. The lowest BCUT2D eigenvalue weighted by molar-refractivity contribution is 0.277. The van der Waals surface area contributed by atoms with Crippen molar-refractivity contribution >= 4 is 33.5 Å². The van der Waals surface area contributed by atoms with Crippen LogP contribution in [-0.2, 0) is 6.54 Å². The van der Waals surface area contributed by atoms with Gasteiger partial charge in [0.15, 0.2) is 22.7 Å². The van der Waals surface area contributed by atoms with Crippen LogP contribution in [0.2, 0.25) is 0 Å². The van der Waals surface area contributed by atoms with Gasteiger partial charge in [0.2, 0.25) is 5.95 Å². The van der Waals surface area contributed by atoms with E-state index in [0.717, 1.165) is 11.3 Å². The lowest BCUT2D eigenvalue weighted by Crippen LogP contribution is -2.18. The zero-order chi connectivity index (χ0) is 15.7. The van der Waals surface area contributed by atoms with Crippen molar-refractivity contribution in [3.8, 4) is 0 Å². The van der Waals surface area contributed by atoms with Crippen LogP contribution in [-0.4, -0.2) is 32.1 Å². The van der Waals surface area contributed by atoms with Gasteiger partial charge in [0, 0.05) is 0 Å². The Morgan fingerprint density at radius 3 is 3.14 bits per heavy atom. The predicted octanol–water partition coefficient (Wildman–Crippen LogP) is -0.120. The highest BCUT2D eigenvalue weighted by Crippen LogP contribution is 2.11. The van der Waals surface area contributed by atoms with Crippen LogP contribution in [0, 0.1) is 5.41 Å². The summed E-state index contributed by atoms with van der Waals surface area (Å²) in [6.45, 7) is -0.0784. The van der Waals surface area contributed by atoms with E-state index in [1.807, 2.05) is 0 Å². The number of nitrogen functional groups attached to an aromatic ring is 1. The molecule has 0 saturated heterocycles. The minimum Gasteiger partial charge on any atom is -0.461 e. The van der Waals surface area contributed by atoms with E-state index in [1.54, 1.807) is 12.1 Å². The highest BCUT2D eigenvalue weighted by Gasteiger charge is 2.12. The number of aromatic amines is 1.